The molecule has 6 nitrogen and oxygen atoms in total. The maximum Gasteiger partial charge on any atom is 0.151 e. The topological polar surface area (TPSA) is 98.0 Å². The number of aromatic nitrogens is 2. The lowest BCUT2D eigenvalue weighted by molar-refractivity contribution is 0.601. The first-order valence-corrected chi connectivity index (χ1v) is 7.79. The molecule has 3 N–H and O–H groups in total. The number of hydrazine groups is 1. The van der Waals surface area contributed by atoms with E-state index in [1.54, 1.807) is 6.07 Å². The van der Waals surface area contributed by atoms with Crippen molar-refractivity contribution in [3.8, 4) is 0 Å². The molecule has 18 heavy (non-hydrogen) atoms. The third-order valence-electron chi connectivity index (χ3n) is 3.10. The summed E-state index contributed by atoms with van der Waals surface area (Å²) >= 11 is 0. The number of hydrogen-bond acceptors (Lipinski definition) is 6. The molecule has 1 aliphatic rings. The Hall–Kier alpha value is -1.21. The minimum atomic E-state index is -2.93. The minimum absolute atomic E-state index is 0.110. The number of nitrogens with two attached hydrogens (primary N) is 1. The molecule has 7 heteroatoms. The van der Waals surface area contributed by atoms with Crippen molar-refractivity contribution < 1.29 is 8.42 Å². The van der Waals surface area contributed by atoms with E-state index in [2.05, 4.69) is 15.4 Å². The van der Waals surface area contributed by atoms with E-state index in [1.165, 1.54) is 0 Å². The van der Waals surface area contributed by atoms with E-state index in [1.807, 2.05) is 13.8 Å². The number of hydrogen-bond donors (Lipinski definition) is 2. The number of nitrogen functional groups attached to an aromatic ring is 1. The fourth-order valence-corrected chi connectivity index (χ4v) is 3.78. The third-order valence-corrected chi connectivity index (χ3v) is 4.87. The first-order valence-electron chi connectivity index (χ1n) is 5.97. The van der Waals surface area contributed by atoms with Gasteiger partial charge in [0.1, 0.15) is 11.6 Å². The van der Waals surface area contributed by atoms with Crippen molar-refractivity contribution in [2.75, 3.05) is 16.9 Å². The van der Waals surface area contributed by atoms with E-state index >= 15 is 0 Å². The van der Waals surface area contributed by atoms with Crippen LogP contribution in [0.1, 0.15) is 43.6 Å². The third kappa shape index (κ3) is 2.78. The standard InChI is InChI=1S/C11H18N4O2S/c1-7(2)9-5-10(15-12)14-11(13-9)8-3-4-18(16,17)6-8/h5,7-8H,3-4,6,12H2,1-2H3,(H,13,14,15). The van der Waals surface area contributed by atoms with Crippen LogP contribution in [0.5, 0.6) is 0 Å². The first kappa shape index (κ1) is 13.2. The molecule has 0 saturated carbocycles. The molecule has 2 heterocycles. The highest BCUT2D eigenvalue weighted by Crippen LogP contribution is 2.28. The molecule has 100 valence electrons. The fraction of sp³-hybridized carbons (Fsp3) is 0.636. The fourth-order valence-electron chi connectivity index (χ4n) is 2.04. The maximum atomic E-state index is 11.5. The van der Waals surface area contributed by atoms with E-state index in [0.717, 1.165) is 5.69 Å². The lowest BCUT2D eigenvalue weighted by Gasteiger charge is -2.12. The Balaban J connectivity index is 2.36. The molecule has 1 fully saturated rings. The molecular weight excluding hydrogens is 252 g/mol. The predicted molar refractivity (Wildman–Crippen MR) is 69.9 cm³/mol. The van der Waals surface area contributed by atoms with Crippen LogP contribution in [-0.2, 0) is 9.84 Å². The summed E-state index contributed by atoms with van der Waals surface area (Å²) in [4.78, 5) is 8.73. The Labute approximate surface area is 107 Å². The summed E-state index contributed by atoms with van der Waals surface area (Å²) in [5, 5.41) is 0. The van der Waals surface area contributed by atoms with E-state index in [0.29, 0.717) is 18.1 Å². The van der Waals surface area contributed by atoms with Crippen molar-refractivity contribution in [1.82, 2.24) is 9.97 Å². The molecule has 0 bridgehead atoms. The summed E-state index contributed by atoms with van der Waals surface area (Å²) in [5.74, 6) is 6.99. The number of nitrogens with one attached hydrogen (secondary N) is 1. The van der Waals surface area contributed by atoms with Crippen LogP contribution < -0.4 is 11.3 Å². The summed E-state index contributed by atoms with van der Waals surface area (Å²) in [6.45, 7) is 4.05. The summed E-state index contributed by atoms with van der Waals surface area (Å²) in [7, 11) is -2.93. The Morgan fingerprint density at radius 2 is 2.17 bits per heavy atom. The van der Waals surface area contributed by atoms with Crippen molar-refractivity contribution in [3.05, 3.63) is 17.6 Å². The van der Waals surface area contributed by atoms with Gasteiger partial charge in [0.15, 0.2) is 9.84 Å². The zero-order chi connectivity index (χ0) is 13.3. The number of nitrogens with zero attached hydrogens (tertiary/aromatic N) is 2. The molecule has 1 saturated heterocycles. The van der Waals surface area contributed by atoms with Gasteiger partial charge in [-0.15, -0.1) is 0 Å². The Bertz CT molecular complexity index is 542. The molecule has 0 radical (unpaired) electrons. The van der Waals surface area contributed by atoms with Gasteiger partial charge in [-0.2, -0.15) is 0 Å². The number of sulfone groups is 1. The quantitative estimate of drug-likeness (QED) is 0.622. The van der Waals surface area contributed by atoms with Crippen LogP contribution in [0.3, 0.4) is 0 Å². The van der Waals surface area contributed by atoms with Gasteiger partial charge < -0.3 is 5.43 Å². The van der Waals surface area contributed by atoms with Crippen LogP contribution in [0.4, 0.5) is 5.82 Å². The van der Waals surface area contributed by atoms with E-state index in [4.69, 9.17) is 5.84 Å². The second-order valence-corrected chi connectivity index (χ2v) is 7.16. The molecule has 1 aromatic rings. The molecule has 1 atom stereocenters. The van der Waals surface area contributed by atoms with Crippen LogP contribution >= 0.6 is 0 Å². The van der Waals surface area contributed by atoms with Crippen molar-refractivity contribution >= 4 is 15.7 Å². The van der Waals surface area contributed by atoms with Gasteiger partial charge in [-0.05, 0) is 12.3 Å². The van der Waals surface area contributed by atoms with Gasteiger partial charge in [0.05, 0.1) is 11.5 Å². The average Bonchev–Trinajstić information content (AvgIpc) is 2.69. The predicted octanol–water partition coefficient (Wildman–Crippen LogP) is 0.788. The van der Waals surface area contributed by atoms with Crippen molar-refractivity contribution in [1.29, 1.82) is 0 Å². The molecule has 0 aromatic carbocycles. The van der Waals surface area contributed by atoms with Crippen LogP contribution in [0.25, 0.3) is 0 Å². The molecule has 0 amide bonds. The monoisotopic (exact) mass is 270 g/mol. The Morgan fingerprint density at radius 3 is 2.67 bits per heavy atom. The largest absolute Gasteiger partial charge is 0.308 e. The molecule has 2 rings (SSSR count). The summed E-state index contributed by atoms with van der Waals surface area (Å²) < 4.78 is 23.0. The second-order valence-electron chi connectivity index (χ2n) is 4.94. The molecule has 0 aliphatic carbocycles. The second kappa shape index (κ2) is 4.81. The van der Waals surface area contributed by atoms with Crippen LogP contribution in [0.15, 0.2) is 6.07 Å². The lowest BCUT2D eigenvalue weighted by atomic mass is 10.1. The summed E-state index contributed by atoms with van der Waals surface area (Å²) in [6, 6.07) is 1.79. The Morgan fingerprint density at radius 1 is 1.44 bits per heavy atom. The van der Waals surface area contributed by atoms with E-state index in [-0.39, 0.29) is 23.3 Å². The van der Waals surface area contributed by atoms with Crippen molar-refractivity contribution in [3.63, 3.8) is 0 Å². The van der Waals surface area contributed by atoms with Crippen LogP contribution in [0.2, 0.25) is 0 Å². The number of rotatable bonds is 3. The number of anilines is 1. The van der Waals surface area contributed by atoms with Gasteiger partial charge in [-0.1, -0.05) is 13.8 Å². The lowest BCUT2D eigenvalue weighted by Crippen LogP contribution is -2.14. The molecular formula is C11H18N4O2S. The average molecular weight is 270 g/mol. The van der Waals surface area contributed by atoms with Crippen LogP contribution in [0, 0.1) is 0 Å². The van der Waals surface area contributed by atoms with Gasteiger partial charge in [-0.3, -0.25) is 0 Å². The summed E-state index contributed by atoms with van der Waals surface area (Å²) in [6.07, 6.45) is 0.591. The molecule has 1 unspecified atom stereocenters. The van der Waals surface area contributed by atoms with Crippen molar-refractivity contribution in [2.24, 2.45) is 5.84 Å². The molecule has 1 aliphatic heterocycles. The van der Waals surface area contributed by atoms with Crippen LogP contribution in [-0.4, -0.2) is 29.9 Å². The first-order chi connectivity index (χ1) is 8.41. The zero-order valence-electron chi connectivity index (χ0n) is 10.5. The van der Waals surface area contributed by atoms with Crippen molar-refractivity contribution in [2.45, 2.75) is 32.1 Å². The maximum absolute atomic E-state index is 11.5. The van der Waals surface area contributed by atoms with Gasteiger partial charge in [0.2, 0.25) is 0 Å². The highest BCUT2D eigenvalue weighted by Gasteiger charge is 2.31. The molecule has 0 spiro atoms. The smallest absolute Gasteiger partial charge is 0.151 e. The van der Waals surface area contributed by atoms with Gasteiger partial charge in [0.25, 0.3) is 0 Å². The normalized spacial score (nSPS) is 22.3. The van der Waals surface area contributed by atoms with Gasteiger partial charge in [0, 0.05) is 17.7 Å². The highest BCUT2D eigenvalue weighted by atomic mass is 32.2. The van der Waals surface area contributed by atoms with Gasteiger partial charge in [-0.25, -0.2) is 24.2 Å². The molecule has 1 aromatic heterocycles. The van der Waals surface area contributed by atoms with Gasteiger partial charge >= 0.3 is 0 Å². The van der Waals surface area contributed by atoms with E-state index < -0.39 is 9.84 Å². The zero-order valence-corrected chi connectivity index (χ0v) is 11.4. The van der Waals surface area contributed by atoms with E-state index in [9.17, 15) is 8.42 Å². The Kier molecular flexibility index (Phi) is 3.54. The minimum Gasteiger partial charge on any atom is -0.308 e. The highest BCUT2D eigenvalue weighted by molar-refractivity contribution is 7.91. The summed E-state index contributed by atoms with van der Waals surface area (Å²) in [5.41, 5.74) is 3.38. The SMILES string of the molecule is CC(C)c1cc(NN)nc(C2CCS(=O)(=O)C2)n1.